The Morgan fingerprint density at radius 2 is 1.64 bits per heavy atom. The van der Waals surface area contributed by atoms with Gasteiger partial charge in [0.1, 0.15) is 5.52 Å². The molecule has 0 aliphatic heterocycles. The molecule has 142 valence electrons. The maximum absolute atomic E-state index is 12.4. The maximum Gasteiger partial charge on any atom is 0.251 e. The molecule has 7 heteroatoms. The van der Waals surface area contributed by atoms with Gasteiger partial charge in [0.05, 0.1) is 5.52 Å². The van der Waals surface area contributed by atoms with Gasteiger partial charge in [-0.2, -0.15) is 0 Å². The smallest absolute Gasteiger partial charge is 0.251 e. The predicted molar refractivity (Wildman–Crippen MR) is 109 cm³/mol. The van der Waals surface area contributed by atoms with Crippen LogP contribution in [-0.4, -0.2) is 39.0 Å². The van der Waals surface area contributed by atoms with Gasteiger partial charge in [-0.15, -0.1) is 0 Å². The number of nitrogens with zero attached hydrogens (tertiary/aromatic N) is 3. The van der Waals surface area contributed by atoms with Crippen LogP contribution < -0.4 is 16.0 Å². The summed E-state index contributed by atoms with van der Waals surface area (Å²) in [4.78, 5) is 26.6. The maximum atomic E-state index is 12.4. The van der Waals surface area contributed by atoms with E-state index in [1.165, 1.54) is 12.8 Å². The highest BCUT2D eigenvalue weighted by molar-refractivity contribution is 6.10. The molecule has 3 aliphatic rings. The van der Waals surface area contributed by atoms with E-state index in [9.17, 15) is 4.79 Å². The van der Waals surface area contributed by atoms with Crippen LogP contribution in [0.15, 0.2) is 24.4 Å². The second-order valence-electron chi connectivity index (χ2n) is 8.23. The van der Waals surface area contributed by atoms with E-state index in [1.807, 2.05) is 24.4 Å². The number of carbonyl (C=O) groups is 1. The van der Waals surface area contributed by atoms with E-state index in [2.05, 4.69) is 20.9 Å². The summed E-state index contributed by atoms with van der Waals surface area (Å²) in [7, 11) is 0. The van der Waals surface area contributed by atoms with Crippen molar-refractivity contribution in [3.63, 3.8) is 0 Å². The lowest BCUT2D eigenvalue weighted by molar-refractivity contribution is 0.0951. The Bertz CT molecular complexity index is 1100. The highest BCUT2D eigenvalue weighted by Crippen LogP contribution is 2.33. The minimum atomic E-state index is -0.0248. The van der Waals surface area contributed by atoms with Gasteiger partial charge in [-0.05, 0) is 50.7 Å². The average molecular weight is 374 g/mol. The largest absolute Gasteiger partial charge is 0.366 e. The Labute approximate surface area is 162 Å². The quantitative estimate of drug-likeness (QED) is 0.574. The first-order valence-electron chi connectivity index (χ1n) is 10.2. The molecule has 0 spiro atoms. The molecule has 2 aromatic heterocycles. The van der Waals surface area contributed by atoms with Crippen molar-refractivity contribution >= 4 is 39.5 Å². The van der Waals surface area contributed by atoms with E-state index in [0.717, 1.165) is 53.3 Å². The Hall–Kier alpha value is -2.96. The lowest BCUT2D eigenvalue weighted by atomic mass is 10.1. The molecule has 0 saturated heterocycles. The van der Waals surface area contributed by atoms with Crippen LogP contribution >= 0.6 is 0 Å². The Balaban J connectivity index is 1.45. The number of amides is 1. The summed E-state index contributed by atoms with van der Waals surface area (Å²) >= 11 is 0. The molecule has 2 heterocycles. The van der Waals surface area contributed by atoms with E-state index in [0.29, 0.717) is 29.6 Å². The number of fused-ring (bicyclic) bond motifs is 3. The zero-order valence-electron chi connectivity index (χ0n) is 15.5. The second-order valence-corrected chi connectivity index (χ2v) is 8.23. The standard InChI is InChI=1S/C21H22N6O/c28-20(24-13-4-5-13)11-1-8-15-16-10-22-21(25-14-6-7-14)27-18(16)19(23-12-2-3-12)26-17(15)9-11/h1,8-10,12-14H,2-7H2,(H,23,26)(H,24,28)(H,22,25,27). The van der Waals surface area contributed by atoms with Crippen LogP contribution in [0, 0.1) is 0 Å². The first-order chi connectivity index (χ1) is 13.7. The number of benzene rings is 1. The van der Waals surface area contributed by atoms with Crippen molar-refractivity contribution < 1.29 is 4.79 Å². The van der Waals surface area contributed by atoms with Gasteiger partial charge in [0.25, 0.3) is 5.91 Å². The summed E-state index contributed by atoms with van der Waals surface area (Å²) in [6.45, 7) is 0. The van der Waals surface area contributed by atoms with Crippen molar-refractivity contribution in [1.82, 2.24) is 20.3 Å². The van der Waals surface area contributed by atoms with Crippen molar-refractivity contribution in [2.75, 3.05) is 10.6 Å². The van der Waals surface area contributed by atoms with Gasteiger partial charge < -0.3 is 16.0 Å². The van der Waals surface area contributed by atoms with Crippen LogP contribution in [0.3, 0.4) is 0 Å². The van der Waals surface area contributed by atoms with Crippen LogP contribution in [0.25, 0.3) is 21.8 Å². The molecular formula is C21H22N6O. The molecule has 3 N–H and O–H groups in total. The van der Waals surface area contributed by atoms with E-state index < -0.39 is 0 Å². The molecule has 3 fully saturated rings. The number of carbonyl (C=O) groups excluding carboxylic acids is 1. The number of pyridine rings is 1. The van der Waals surface area contributed by atoms with Crippen LogP contribution in [0.4, 0.5) is 11.8 Å². The van der Waals surface area contributed by atoms with E-state index in [-0.39, 0.29) is 5.91 Å². The molecule has 0 unspecified atom stereocenters. The number of hydrogen-bond donors (Lipinski definition) is 3. The van der Waals surface area contributed by atoms with Gasteiger partial charge in [0, 0.05) is 40.7 Å². The molecule has 3 aliphatic carbocycles. The van der Waals surface area contributed by atoms with Crippen molar-refractivity contribution in [2.24, 2.45) is 0 Å². The average Bonchev–Trinajstić information content (AvgIpc) is 3.52. The lowest BCUT2D eigenvalue weighted by Crippen LogP contribution is -2.25. The summed E-state index contributed by atoms with van der Waals surface area (Å²) in [5.41, 5.74) is 2.29. The van der Waals surface area contributed by atoms with Gasteiger partial charge in [0.2, 0.25) is 5.95 Å². The molecule has 7 nitrogen and oxygen atoms in total. The van der Waals surface area contributed by atoms with Crippen molar-refractivity contribution in [2.45, 2.75) is 56.7 Å². The van der Waals surface area contributed by atoms with Gasteiger partial charge in [0.15, 0.2) is 5.82 Å². The van der Waals surface area contributed by atoms with E-state index in [4.69, 9.17) is 9.97 Å². The molecule has 1 amide bonds. The third kappa shape index (κ3) is 3.10. The van der Waals surface area contributed by atoms with Crippen molar-refractivity contribution in [3.05, 3.63) is 30.0 Å². The predicted octanol–water partition coefficient (Wildman–Crippen LogP) is 3.22. The first-order valence-corrected chi connectivity index (χ1v) is 10.2. The highest BCUT2D eigenvalue weighted by Gasteiger charge is 2.26. The molecule has 0 radical (unpaired) electrons. The normalized spacial score (nSPS) is 19.0. The van der Waals surface area contributed by atoms with Gasteiger partial charge in [-0.1, -0.05) is 6.07 Å². The first kappa shape index (κ1) is 16.0. The minimum absolute atomic E-state index is 0.0248. The Kier molecular flexibility index (Phi) is 3.45. The molecule has 0 bridgehead atoms. The molecular weight excluding hydrogens is 352 g/mol. The number of nitrogens with one attached hydrogen (secondary N) is 3. The molecule has 0 atom stereocenters. The summed E-state index contributed by atoms with van der Waals surface area (Å²) in [6.07, 6.45) is 8.69. The van der Waals surface area contributed by atoms with E-state index >= 15 is 0 Å². The fourth-order valence-corrected chi connectivity index (χ4v) is 3.42. The monoisotopic (exact) mass is 374 g/mol. The highest BCUT2D eigenvalue weighted by atomic mass is 16.1. The van der Waals surface area contributed by atoms with Crippen LogP contribution in [-0.2, 0) is 0 Å². The fraction of sp³-hybridized carbons (Fsp3) is 0.429. The number of hydrogen-bond acceptors (Lipinski definition) is 6. The molecule has 3 aromatic rings. The summed E-state index contributed by atoms with van der Waals surface area (Å²) < 4.78 is 0. The zero-order chi connectivity index (χ0) is 18.7. The van der Waals surface area contributed by atoms with Crippen LogP contribution in [0.2, 0.25) is 0 Å². The van der Waals surface area contributed by atoms with E-state index in [1.54, 1.807) is 0 Å². The van der Waals surface area contributed by atoms with Gasteiger partial charge in [-0.3, -0.25) is 4.79 Å². The van der Waals surface area contributed by atoms with Gasteiger partial charge >= 0.3 is 0 Å². The lowest BCUT2D eigenvalue weighted by Gasteiger charge is -2.12. The molecule has 28 heavy (non-hydrogen) atoms. The second kappa shape index (κ2) is 6.02. The number of aromatic nitrogens is 3. The zero-order valence-corrected chi connectivity index (χ0v) is 15.5. The number of anilines is 2. The molecule has 3 saturated carbocycles. The van der Waals surface area contributed by atoms with Gasteiger partial charge in [-0.25, -0.2) is 15.0 Å². The fourth-order valence-electron chi connectivity index (χ4n) is 3.42. The Morgan fingerprint density at radius 1 is 0.893 bits per heavy atom. The molecule has 1 aromatic carbocycles. The SMILES string of the molecule is O=C(NC1CC1)c1ccc2c(c1)nc(NC1CC1)c1nc(NC3CC3)ncc12. The number of rotatable bonds is 6. The summed E-state index contributed by atoms with van der Waals surface area (Å²) in [6, 6.07) is 7.00. The Morgan fingerprint density at radius 3 is 2.39 bits per heavy atom. The van der Waals surface area contributed by atoms with Crippen molar-refractivity contribution in [3.8, 4) is 0 Å². The topological polar surface area (TPSA) is 91.8 Å². The summed E-state index contributed by atoms with van der Waals surface area (Å²) in [5, 5.41) is 11.9. The minimum Gasteiger partial charge on any atom is -0.366 e. The van der Waals surface area contributed by atoms with Crippen molar-refractivity contribution in [1.29, 1.82) is 0 Å². The van der Waals surface area contributed by atoms with Crippen LogP contribution in [0.1, 0.15) is 48.9 Å². The summed E-state index contributed by atoms with van der Waals surface area (Å²) in [5.74, 6) is 1.42. The van der Waals surface area contributed by atoms with Crippen LogP contribution in [0.5, 0.6) is 0 Å². The molecule has 6 rings (SSSR count). The third-order valence-electron chi connectivity index (χ3n) is 5.54. The third-order valence-corrected chi connectivity index (χ3v) is 5.54.